The molecule has 0 radical (unpaired) electrons. The zero-order chi connectivity index (χ0) is 19.0. The molecule has 29 heavy (non-hydrogen) atoms. The standard InChI is InChI=1S/C18H23F2N5O2.2ClH/c19-18(20)9-14(22-11-18)16(26)23-13-3-4-15(21-10-13)24-5-7-25(8-6-24)17(27)12-1-2-12;;/h3-4,10,12,14,22H,1-2,5-9,11H2,(H,23,26);2*1H. The van der Waals surface area contributed by atoms with E-state index in [1.54, 1.807) is 12.1 Å². The Bertz CT molecular complexity index is 725. The molecule has 1 aromatic rings. The zero-order valence-corrected chi connectivity index (χ0v) is 17.4. The van der Waals surface area contributed by atoms with Gasteiger partial charge in [-0.25, -0.2) is 13.8 Å². The normalized spacial score (nSPS) is 23.0. The van der Waals surface area contributed by atoms with Crippen LogP contribution in [0.2, 0.25) is 0 Å². The van der Waals surface area contributed by atoms with Gasteiger partial charge in [-0.15, -0.1) is 24.8 Å². The highest BCUT2D eigenvalue weighted by atomic mass is 35.5. The number of amides is 2. The summed E-state index contributed by atoms with van der Waals surface area (Å²) < 4.78 is 26.4. The van der Waals surface area contributed by atoms with Crippen molar-refractivity contribution in [1.29, 1.82) is 0 Å². The molecule has 1 aliphatic carbocycles. The summed E-state index contributed by atoms with van der Waals surface area (Å²) in [5, 5.41) is 5.16. The van der Waals surface area contributed by atoms with Crippen LogP contribution in [0.25, 0.3) is 0 Å². The summed E-state index contributed by atoms with van der Waals surface area (Å²) in [6.45, 7) is 2.35. The highest BCUT2D eigenvalue weighted by Crippen LogP contribution is 2.31. The molecule has 1 aromatic heterocycles. The van der Waals surface area contributed by atoms with E-state index in [1.165, 1.54) is 6.20 Å². The van der Waals surface area contributed by atoms with E-state index in [-0.39, 0.29) is 36.6 Å². The van der Waals surface area contributed by atoms with Crippen molar-refractivity contribution in [3.8, 4) is 0 Å². The molecule has 3 aliphatic rings. The molecule has 0 aromatic carbocycles. The van der Waals surface area contributed by atoms with E-state index in [9.17, 15) is 18.4 Å². The van der Waals surface area contributed by atoms with Gasteiger partial charge in [-0.2, -0.15) is 0 Å². The molecule has 0 spiro atoms. The first-order chi connectivity index (χ1) is 12.9. The number of hydrogen-bond donors (Lipinski definition) is 2. The van der Waals surface area contributed by atoms with Crippen LogP contribution in [-0.2, 0) is 9.59 Å². The van der Waals surface area contributed by atoms with Crippen molar-refractivity contribution in [2.75, 3.05) is 42.9 Å². The van der Waals surface area contributed by atoms with E-state index >= 15 is 0 Å². The third-order valence-corrected chi connectivity index (χ3v) is 5.28. The number of anilines is 2. The minimum absolute atomic E-state index is 0. The number of hydrogen-bond acceptors (Lipinski definition) is 5. The summed E-state index contributed by atoms with van der Waals surface area (Å²) in [7, 11) is 0. The van der Waals surface area contributed by atoms with Crippen molar-refractivity contribution in [1.82, 2.24) is 15.2 Å². The third kappa shape index (κ3) is 5.67. The topological polar surface area (TPSA) is 77.6 Å². The maximum Gasteiger partial charge on any atom is 0.262 e. The second kappa shape index (κ2) is 9.40. The van der Waals surface area contributed by atoms with Gasteiger partial charge < -0.3 is 15.1 Å². The lowest BCUT2D eigenvalue weighted by molar-refractivity contribution is -0.132. The van der Waals surface area contributed by atoms with E-state index in [2.05, 4.69) is 20.5 Å². The fraction of sp³-hybridized carbons (Fsp3) is 0.611. The van der Waals surface area contributed by atoms with Gasteiger partial charge in [-0.1, -0.05) is 0 Å². The lowest BCUT2D eigenvalue weighted by Gasteiger charge is -2.35. The fourth-order valence-electron chi connectivity index (χ4n) is 3.52. The van der Waals surface area contributed by atoms with E-state index in [1.807, 2.05) is 4.90 Å². The predicted octanol–water partition coefficient (Wildman–Crippen LogP) is 1.92. The smallest absolute Gasteiger partial charge is 0.262 e. The van der Waals surface area contributed by atoms with Crippen LogP contribution in [-0.4, -0.2) is 66.4 Å². The maximum atomic E-state index is 13.2. The third-order valence-electron chi connectivity index (χ3n) is 5.28. The molecule has 2 saturated heterocycles. The van der Waals surface area contributed by atoms with E-state index in [0.29, 0.717) is 18.8 Å². The van der Waals surface area contributed by atoms with Crippen LogP contribution in [0.1, 0.15) is 19.3 Å². The summed E-state index contributed by atoms with van der Waals surface area (Å²) in [6, 6.07) is 2.62. The van der Waals surface area contributed by atoms with Gasteiger partial charge >= 0.3 is 0 Å². The molecule has 7 nitrogen and oxygen atoms in total. The number of pyridine rings is 1. The number of nitrogens with one attached hydrogen (secondary N) is 2. The molecule has 1 unspecified atom stereocenters. The number of carbonyl (C=O) groups excluding carboxylic acids is 2. The molecule has 162 valence electrons. The zero-order valence-electron chi connectivity index (χ0n) is 15.8. The molecule has 3 heterocycles. The first kappa shape index (κ1) is 23.6. The molecule has 3 fully saturated rings. The van der Waals surface area contributed by atoms with Crippen molar-refractivity contribution in [3.05, 3.63) is 18.3 Å². The van der Waals surface area contributed by atoms with Gasteiger partial charge in [0.2, 0.25) is 11.8 Å². The summed E-state index contributed by atoms with van der Waals surface area (Å²) in [5.41, 5.74) is 0.475. The predicted molar refractivity (Wildman–Crippen MR) is 110 cm³/mol. The minimum Gasteiger partial charge on any atom is -0.353 e. The number of nitrogens with zero attached hydrogens (tertiary/aromatic N) is 3. The second-order valence-corrected chi connectivity index (χ2v) is 7.47. The van der Waals surface area contributed by atoms with Crippen LogP contribution in [0.15, 0.2) is 18.3 Å². The first-order valence-corrected chi connectivity index (χ1v) is 9.33. The monoisotopic (exact) mass is 451 g/mol. The number of carbonyl (C=O) groups is 2. The van der Waals surface area contributed by atoms with Crippen molar-refractivity contribution < 1.29 is 18.4 Å². The summed E-state index contributed by atoms with van der Waals surface area (Å²) >= 11 is 0. The van der Waals surface area contributed by atoms with Gasteiger partial charge in [-0.3, -0.25) is 14.9 Å². The molecule has 1 saturated carbocycles. The molecule has 11 heteroatoms. The van der Waals surface area contributed by atoms with Gasteiger partial charge in [0, 0.05) is 38.5 Å². The number of rotatable bonds is 4. The summed E-state index contributed by atoms with van der Waals surface area (Å²) in [5.74, 6) is -2.03. The van der Waals surface area contributed by atoms with Gasteiger partial charge in [0.05, 0.1) is 24.5 Å². The largest absolute Gasteiger partial charge is 0.353 e. The van der Waals surface area contributed by atoms with Crippen LogP contribution in [0.5, 0.6) is 0 Å². The maximum absolute atomic E-state index is 13.2. The number of alkyl halides is 2. The summed E-state index contributed by atoms with van der Waals surface area (Å²) in [6.07, 6.45) is 3.07. The van der Waals surface area contributed by atoms with Gasteiger partial charge in [0.15, 0.2) is 0 Å². The number of piperazine rings is 1. The van der Waals surface area contributed by atoms with Crippen LogP contribution < -0.4 is 15.5 Å². The molecule has 2 aliphatic heterocycles. The SMILES string of the molecule is Cl.Cl.O=C(Nc1ccc(N2CCN(C(=O)C3CC3)CC2)nc1)C1CC(F)(F)CN1. The quantitative estimate of drug-likeness (QED) is 0.730. The van der Waals surface area contributed by atoms with Gasteiger partial charge in [0.1, 0.15) is 5.82 Å². The summed E-state index contributed by atoms with van der Waals surface area (Å²) in [4.78, 5) is 32.6. The van der Waals surface area contributed by atoms with Crippen molar-refractivity contribution in [2.24, 2.45) is 5.92 Å². The lowest BCUT2D eigenvalue weighted by atomic mass is 10.2. The Morgan fingerprint density at radius 2 is 1.83 bits per heavy atom. The van der Waals surface area contributed by atoms with Crippen molar-refractivity contribution >= 4 is 48.1 Å². The fourth-order valence-corrected chi connectivity index (χ4v) is 3.52. The minimum atomic E-state index is -2.84. The Hall–Kier alpha value is -1.71. The van der Waals surface area contributed by atoms with Gasteiger partial charge in [0.25, 0.3) is 5.92 Å². The van der Waals surface area contributed by atoms with E-state index in [4.69, 9.17) is 0 Å². The Balaban J connectivity index is 0.00000150. The average Bonchev–Trinajstić information content (AvgIpc) is 3.45. The number of aromatic nitrogens is 1. The Morgan fingerprint density at radius 1 is 1.14 bits per heavy atom. The molecule has 0 bridgehead atoms. The van der Waals surface area contributed by atoms with Crippen LogP contribution >= 0.6 is 24.8 Å². The molecule has 1 atom stereocenters. The van der Waals surface area contributed by atoms with E-state index < -0.39 is 30.8 Å². The van der Waals surface area contributed by atoms with E-state index in [0.717, 1.165) is 31.7 Å². The van der Waals surface area contributed by atoms with Crippen LogP contribution in [0, 0.1) is 5.92 Å². The molecular weight excluding hydrogens is 427 g/mol. The number of halogens is 4. The first-order valence-electron chi connectivity index (χ1n) is 9.33. The van der Waals surface area contributed by atoms with Crippen molar-refractivity contribution in [3.63, 3.8) is 0 Å². The molecule has 2 amide bonds. The van der Waals surface area contributed by atoms with Crippen LogP contribution in [0.3, 0.4) is 0 Å². The Morgan fingerprint density at radius 3 is 2.34 bits per heavy atom. The Labute approximate surface area is 180 Å². The molecule has 2 N–H and O–H groups in total. The highest BCUT2D eigenvalue weighted by molar-refractivity contribution is 5.95. The van der Waals surface area contributed by atoms with Gasteiger partial charge in [-0.05, 0) is 25.0 Å². The molecular formula is C18H25Cl2F2N5O2. The van der Waals surface area contributed by atoms with Crippen LogP contribution in [0.4, 0.5) is 20.3 Å². The Kier molecular flexibility index (Phi) is 7.64. The molecule has 4 rings (SSSR count). The highest BCUT2D eigenvalue weighted by Gasteiger charge is 2.42. The lowest BCUT2D eigenvalue weighted by Crippen LogP contribution is -2.49. The average molecular weight is 452 g/mol. The van der Waals surface area contributed by atoms with Crippen molar-refractivity contribution in [2.45, 2.75) is 31.2 Å². The second-order valence-electron chi connectivity index (χ2n) is 7.47.